The maximum Gasteiger partial charge on any atom is 0.132 e. The Balaban J connectivity index is 2.04. The Kier molecular flexibility index (Phi) is 4.20. The van der Waals surface area contributed by atoms with E-state index in [0.717, 1.165) is 25.2 Å². The van der Waals surface area contributed by atoms with Gasteiger partial charge in [-0.05, 0) is 37.0 Å². The Hall–Kier alpha value is -1.12. The van der Waals surface area contributed by atoms with Crippen molar-refractivity contribution in [1.29, 1.82) is 0 Å². The summed E-state index contributed by atoms with van der Waals surface area (Å²) in [4.78, 5) is 8.78. The molecule has 1 N–H and O–H groups in total. The summed E-state index contributed by atoms with van der Waals surface area (Å²) in [5.41, 5.74) is 2.60. The highest BCUT2D eigenvalue weighted by molar-refractivity contribution is 5.47. The fraction of sp³-hybridized carbons (Fsp3) is 0.733. The Bertz CT molecular complexity index is 391. The van der Waals surface area contributed by atoms with Gasteiger partial charge in [0, 0.05) is 17.8 Å². The fourth-order valence-corrected chi connectivity index (χ4v) is 2.97. The summed E-state index contributed by atoms with van der Waals surface area (Å²) < 4.78 is 0. The highest BCUT2D eigenvalue weighted by Gasteiger charge is 2.20. The van der Waals surface area contributed by atoms with Gasteiger partial charge in [-0.15, -0.1) is 0 Å². The van der Waals surface area contributed by atoms with Crippen molar-refractivity contribution in [3.05, 3.63) is 17.6 Å². The lowest BCUT2D eigenvalue weighted by Crippen LogP contribution is -2.25. The van der Waals surface area contributed by atoms with E-state index in [1.54, 1.807) is 6.33 Å². The van der Waals surface area contributed by atoms with Crippen molar-refractivity contribution in [3.8, 4) is 0 Å². The van der Waals surface area contributed by atoms with Crippen LogP contribution in [0.5, 0.6) is 0 Å². The molecule has 1 heterocycles. The highest BCUT2D eigenvalue weighted by Crippen LogP contribution is 2.26. The van der Waals surface area contributed by atoms with E-state index in [0.29, 0.717) is 17.8 Å². The molecule has 0 amide bonds. The maximum atomic E-state index is 4.42. The van der Waals surface area contributed by atoms with Crippen molar-refractivity contribution >= 4 is 5.82 Å². The lowest BCUT2D eigenvalue weighted by atomic mass is 9.85. The Morgan fingerprint density at radius 3 is 2.50 bits per heavy atom. The van der Waals surface area contributed by atoms with Crippen molar-refractivity contribution in [3.63, 3.8) is 0 Å². The number of nitrogens with one attached hydrogen (secondary N) is 1. The van der Waals surface area contributed by atoms with E-state index >= 15 is 0 Å². The van der Waals surface area contributed by atoms with Crippen molar-refractivity contribution < 1.29 is 0 Å². The van der Waals surface area contributed by atoms with Crippen molar-refractivity contribution in [2.24, 2.45) is 17.8 Å². The molecule has 1 aliphatic carbocycles. The zero-order valence-corrected chi connectivity index (χ0v) is 12.0. The van der Waals surface area contributed by atoms with Crippen LogP contribution >= 0.6 is 0 Å². The fourth-order valence-electron chi connectivity index (χ4n) is 2.97. The number of nitrogens with zero attached hydrogens (tertiary/aromatic N) is 2. The molecular formula is C15H25N3. The Morgan fingerprint density at radius 2 is 1.83 bits per heavy atom. The smallest absolute Gasteiger partial charge is 0.132 e. The number of hydrogen-bond donors (Lipinski definition) is 1. The first-order chi connectivity index (χ1) is 8.59. The van der Waals surface area contributed by atoms with Crippen LogP contribution in [0, 0.1) is 17.8 Å². The molecule has 0 atom stereocenters. The van der Waals surface area contributed by atoms with Gasteiger partial charge in [0.25, 0.3) is 0 Å². The van der Waals surface area contributed by atoms with Gasteiger partial charge in [-0.3, -0.25) is 0 Å². The lowest BCUT2D eigenvalue weighted by Gasteiger charge is -2.25. The molecule has 1 aromatic rings. The van der Waals surface area contributed by atoms with Crippen LogP contribution in [-0.2, 0) is 12.8 Å². The summed E-state index contributed by atoms with van der Waals surface area (Å²) in [6.07, 6.45) is 5.17. The van der Waals surface area contributed by atoms with E-state index in [4.69, 9.17) is 0 Å². The highest BCUT2D eigenvalue weighted by atomic mass is 15.0. The lowest BCUT2D eigenvalue weighted by molar-refractivity contribution is 0.304. The molecule has 0 spiro atoms. The molecule has 0 saturated carbocycles. The first kappa shape index (κ1) is 13.3. The largest absolute Gasteiger partial charge is 0.369 e. The second kappa shape index (κ2) is 5.68. The van der Waals surface area contributed by atoms with E-state index in [2.05, 4.69) is 43.0 Å². The topological polar surface area (TPSA) is 37.8 Å². The monoisotopic (exact) mass is 247 g/mol. The Morgan fingerprint density at radius 1 is 1.11 bits per heavy atom. The zero-order chi connectivity index (χ0) is 13.1. The van der Waals surface area contributed by atoms with E-state index in [1.807, 2.05) is 0 Å². The molecule has 3 nitrogen and oxygen atoms in total. The minimum Gasteiger partial charge on any atom is -0.369 e. The summed E-state index contributed by atoms with van der Waals surface area (Å²) in [6, 6.07) is 0. The SMILES string of the molecule is CC(C)C(CNc1ncnc2c1CCC2)C(C)C. The minimum absolute atomic E-state index is 0.692. The third-order valence-electron chi connectivity index (χ3n) is 4.09. The summed E-state index contributed by atoms with van der Waals surface area (Å²) in [6.45, 7) is 10.2. The molecule has 0 unspecified atom stereocenters. The van der Waals surface area contributed by atoms with Crippen LogP contribution in [-0.4, -0.2) is 16.5 Å². The summed E-state index contributed by atoms with van der Waals surface area (Å²) in [5, 5.41) is 3.56. The van der Waals surface area contributed by atoms with Crippen LogP contribution in [0.25, 0.3) is 0 Å². The molecule has 1 aliphatic rings. The second-order valence-corrected chi connectivity index (χ2v) is 6.03. The van der Waals surface area contributed by atoms with Crippen LogP contribution in [0.15, 0.2) is 6.33 Å². The van der Waals surface area contributed by atoms with Crippen LogP contribution in [0.4, 0.5) is 5.82 Å². The summed E-state index contributed by atoms with van der Waals surface area (Å²) >= 11 is 0. The average molecular weight is 247 g/mol. The van der Waals surface area contributed by atoms with Gasteiger partial charge in [0.15, 0.2) is 0 Å². The number of aryl methyl sites for hydroxylation is 1. The molecule has 0 saturated heterocycles. The summed E-state index contributed by atoms with van der Waals surface area (Å²) in [5.74, 6) is 3.17. The van der Waals surface area contributed by atoms with Crippen molar-refractivity contribution in [2.75, 3.05) is 11.9 Å². The van der Waals surface area contributed by atoms with Gasteiger partial charge in [-0.1, -0.05) is 27.7 Å². The standard InChI is InChI=1S/C15H25N3/c1-10(2)13(11(3)4)8-16-15-12-6-5-7-14(12)17-9-18-15/h9-11,13H,5-8H2,1-4H3,(H,16,17,18). The van der Waals surface area contributed by atoms with Gasteiger partial charge in [-0.2, -0.15) is 0 Å². The maximum absolute atomic E-state index is 4.42. The predicted octanol–water partition coefficient (Wildman–Crippen LogP) is 3.31. The van der Waals surface area contributed by atoms with Crippen LogP contribution < -0.4 is 5.32 Å². The molecule has 2 rings (SSSR count). The third-order valence-corrected chi connectivity index (χ3v) is 4.09. The van der Waals surface area contributed by atoms with E-state index in [1.165, 1.54) is 17.7 Å². The summed E-state index contributed by atoms with van der Waals surface area (Å²) in [7, 11) is 0. The van der Waals surface area contributed by atoms with Gasteiger partial charge in [0.2, 0.25) is 0 Å². The second-order valence-electron chi connectivity index (χ2n) is 6.03. The van der Waals surface area contributed by atoms with E-state index < -0.39 is 0 Å². The number of aromatic nitrogens is 2. The quantitative estimate of drug-likeness (QED) is 0.867. The Labute approximate surface area is 110 Å². The molecule has 100 valence electrons. The average Bonchev–Trinajstić information content (AvgIpc) is 2.77. The molecule has 18 heavy (non-hydrogen) atoms. The molecule has 0 aromatic carbocycles. The normalized spacial score (nSPS) is 14.6. The number of fused-ring (bicyclic) bond motifs is 1. The third kappa shape index (κ3) is 2.82. The molecule has 1 aromatic heterocycles. The first-order valence-corrected chi connectivity index (χ1v) is 7.16. The number of anilines is 1. The number of rotatable bonds is 5. The molecule has 0 aliphatic heterocycles. The van der Waals surface area contributed by atoms with Crippen molar-refractivity contribution in [1.82, 2.24) is 9.97 Å². The minimum atomic E-state index is 0.692. The van der Waals surface area contributed by atoms with E-state index in [-0.39, 0.29) is 0 Å². The van der Waals surface area contributed by atoms with Gasteiger partial charge >= 0.3 is 0 Å². The van der Waals surface area contributed by atoms with Crippen LogP contribution in [0.1, 0.15) is 45.4 Å². The van der Waals surface area contributed by atoms with Gasteiger partial charge < -0.3 is 5.32 Å². The molecule has 0 bridgehead atoms. The van der Waals surface area contributed by atoms with Gasteiger partial charge in [0.05, 0.1) is 0 Å². The number of hydrogen-bond acceptors (Lipinski definition) is 3. The molecule has 3 heteroatoms. The van der Waals surface area contributed by atoms with Gasteiger partial charge in [0.1, 0.15) is 12.1 Å². The molecular weight excluding hydrogens is 222 g/mol. The molecule has 0 fully saturated rings. The van der Waals surface area contributed by atoms with E-state index in [9.17, 15) is 0 Å². The van der Waals surface area contributed by atoms with Crippen LogP contribution in [0.3, 0.4) is 0 Å². The molecule has 0 radical (unpaired) electrons. The predicted molar refractivity (Wildman–Crippen MR) is 75.7 cm³/mol. The first-order valence-electron chi connectivity index (χ1n) is 7.16. The van der Waals surface area contributed by atoms with Crippen LogP contribution in [0.2, 0.25) is 0 Å². The van der Waals surface area contributed by atoms with Crippen molar-refractivity contribution in [2.45, 2.75) is 47.0 Å². The zero-order valence-electron chi connectivity index (χ0n) is 12.0. The van der Waals surface area contributed by atoms with Gasteiger partial charge in [-0.25, -0.2) is 9.97 Å².